The van der Waals surface area contributed by atoms with Crippen LogP contribution in [0.15, 0.2) is 72.8 Å². The van der Waals surface area contributed by atoms with Crippen molar-refractivity contribution in [2.75, 3.05) is 17.1 Å². The summed E-state index contributed by atoms with van der Waals surface area (Å²) in [5.74, 6) is -0.706. The van der Waals surface area contributed by atoms with Crippen molar-refractivity contribution < 1.29 is 18.0 Å². The number of carbonyl (C=O) groups is 2. The molecule has 0 spiro atoms. The highest BCUT2D eigenvalue weighted by atomic mass is 35.5. The summed E-state index contributed by atoms with van der Waals surface area (Å²) in [4.78, 5) is 29.6. The zero-order chi connectivity index (χ0) is 29.6. The molecular formula is C32H38ClN3O4S. The van der Waals surface area contributed by atoms with E-state index in [4.69, 9.17) is 11.6 Å². The second kappa shape index (κ2) is 13.5. The van der Waals surface area contributed by atoms with Gasteiger partial charge in [-0.2, -0.15) is 0 Å². The largest absolute Gasteiger partial charge is 0.352 e. The van der Waals surface area contributed by atoms with Crippen LogP contribution >= 0.6 is 11.6 Å². The number of nitrogens with one attached hydrogen (secondary N) is 1. The molecule has 0 heterocycles. The lowest BCUT2D eigenvalue weighted by atomic mass is 10.0. The number of halogens is 1. The highest BCUT2D eigenvalue weighted by Gasteiger charge is 2.34. The maximum absolute atomic E-state index is 14.2. The Morgan fingerprint density at radius 3 is 2.27 bits per heavy atom. The molecule has 4 rings (SSSR count). The summed E-state index contributed by atoms with van der Waals surface area (Å²) in [6.07, 6.45) is 5.29. The average molecular weight is 596 g/mol. The standard InChI is InChI=1S/C32H38ClN3O4S/c1-23-10-9-13-26(18-23)21-35(31(37)22-36(41(3,39)40)28-17-16-24(2)29(33)20-28)30(19-25-11-5-4-6-12-25)32(38)34-27-14-7-8-15-27/h4-6,9-13,16-18,20,27,30H,7-8,14-15,19,21-22H2,1-3H3,(H,34,38). The number of rotatable bonds is 11. The molecule has 3 aromatic carbocycles. The molecule has 1 aliphatic rings. The van der Waals surface area contributed by atoms with Crippen molar-refractivity contribution in [2.45, 2.75) is 64.6 Å². The zero-order valence-corrected chi connectivity index (χ0v) is 25.4. The van der Waals surface area contributed by atoms with Gasteiger partial charge < -0.3 is 10.2 Å². The number of carbonyl (C=O) groups excluding carboxylic acids is 2. The molecule has 0 aliphatic heterocycles. The Labute approximate surface area is 248 Å². The number of amides is 2. The van der Waals surface area contributed by atoms with Gasteiger partial charge in [-0.1, -0.05) is 90.7 Å². The minimum absolute atomic E-state index is 0.0684. The lowest BCUT2D eigenvalue weighted by molar-refractivity contribution is -0.140. The maximum Gasteiger partial charge on any atom is 0.244 e. The van der Waals surface area contributed by atoms with Crippen molar-refractivity contribution in [1.82, 2.24) is 10.2 Å². The highest BCUT2D eigenvalue weighted by Crippen LogP contribution is 2.26. The van der Waals surface area contributed by atoms with Gasteiger partial charge in [0.2, 0.25) is 21.8 Å². The third-order valence-electron chi connectivity index (χ3n) is 7.53. The van der Waals surface area contributed by atoms with Crippen LogP contribution in [0.3, 0.4) is 0 Å². The Morgan fingerprint density at radius 1 is 0.951 bits per heavy atom. The summed E-state index contributed by atoms with van der Waals surface area (Å²) < 4.78 is 26.9. The minimum atomic E-state index is -3.85. The topological polar surface area (TPSA) is 86.8 Å². The summed E-state index contributed by atoms with van der Waals surface area (Å²) in [7, 11) is -3.85. The highest BCUT2D eigenvalue weighted by molar-refractivity contribution is 7.92. The second-order valence-electron chi connectivity index (χ2n) is 10.9. The molecule has 41 heavy (non-hydrogen) atoms. The third-order valence-corrected chi connectivity index (χ3v) is 9.08. The Balaban J connectivity index is 1.73. The fourth-order valence-electron chi connectivity index (χ4n) is 5.28. The predicted octanol–water partition coefficient (Wildman–Crippen LogP) is 5.42. The number of nitrogens with zero attached hydrogens (tertiary/aromatic N) is 2. The van der Waals surface area contributed by atoms with Gasteiger partial charge in [0.15, 0.2) is 0 Å². The predicted molar refractivity (Wildman–Crippen MR) is 164 cm³/mol. The van der Waals surface area contributed by atoms with Crippen LogP contribution in [0.1, 0.15) is 47.9 Å². The van der Waals surface area contributed by atoms with Crippen LogP contribution in [0.4, 0.5) is 5.69 Å². The maximum atomic E-state index is 14.2. The summed E-state index contributed by atoms with van der Waals surface area (Å²) in [5, 5.41) is 3.58. The summed E-state index contributed by atoms with van der Waals surface area (Å²) >= 11 is 6.32. The first-order chi connectivity index (χ1) is 19.5. The number of sulfonamides is 1. The van der Waals surface area contributed by atoms with E-state index in [1.165, 1.54) is 4.90 Å². The van der Waals surface area contributed by atoms with Crippen LogP contribution in [0.2, 0.25) is 5.02 Å². The van der Waals surface area contributed by atoms with Gasteiger partial charge in [0.05, 0.1) is 11.9 Å². The summed E-state index contributed by atoms with van der Waals surface area (Å²) in [6, 6.07) is 21.5. The van der Waals surface area contributed by atoms with Crippen molar-refractivity contribution in [3.63, 3.8) is 0 Å². The lowest BCUT2D eigenvalue weighted by Gasteiger charge is -2.34. The SMILES string of the molecule is Cc1cccc(CN(C(=O)CN(c2ccc(C)c(Cl)c2)S(C)(=O)=O)C(Cc2ccccc2)C(=O)NC2CCCC2)c1. The molecule has 1 aliphatic carbocycles. The average Bonchev–Trinajstić information content (AvgIpc) is 3.44. The Hall–Kier alpha value is -3.36. The van der Waals surface area contributed by atoms with Crippen molar-refractivity contribution in [3.8, 4) is 0 Å². The van der Waals surface area contributed by atoms with E-state index in [9.17, 15) is 18.0 Å². The van der Waals surface area contributed by atoms with E-state index >= 15 is 0 Å². The Bertz CT molecular complexity index is 1470. The van der Waals surface area contributed by atoms with Gasteiger partial charge >= 0.3 is 0 Å². The molecule has 218 valence electrons. The zero-order valence-electron chi connectivity index (χ0n) is 23.8. The molecule has 1 saturated carbocycles. The quantitative estimate of drug-likeness (QED) is 0.321. The van der Waals surface area contributed by atoms with Crippen LogP contribution < -0.4 is 9.62 Å². The first-order valence-corrected chi connectivity index (χ1v) is 16.2. The molecule has 0 radical (unpaired) electrons. The van der Waals surface area contributed by atoms with Gasteiger partial charge in [-0.05, 0) is 55.5 Å². The number of hydrogen-bond acceptors (Lipinski definition) is 4. The van der Waals surface area contributed by atoms with Gasteiger partial charge in [-0.15, -0.1) is 0 Å². The van der Waals surface area contributed by atoms with E-state index < -0.39 is 28.5 Å². The minimum Gasteiger partial charge on any atom is -0.352 e. The van der Waals surface area contributed by atoms with E-state index in [-0.39, 0.29) is 18.5 Å². The van der Waals surface area contributed by atoms with Crippen LogP contribution in [0.25, 0.3) is 0 Å². The van der Waals surface area contributed by atoms with E-state index in [0.29, 0.717) is 17.1 Å². The molecule has 2 amide bonds. The molecule has 1 fully saturated rings. The Morgan fingerprint density at radius 2 is 1.63 bits per heavy atom. The number of aryl methyl sites for hydroxylation is 2. The molecule has 1 N–H and O–H groups in total. The van der Waals surface area contributed by atoms with Crippen LogP contribution in [-0.4, -0.2) is 50.0 Å². The number of benzene rings is 3. The van der Waals surface area contributed by atoms with Crippen molar-refractivity contribution in [2.24, 2.45) is 0 Å². The van der Waals surface area contributed by atoms with Crippen LogP contribution in [0, 0.1) is 13.8 Å². The molecular weight excluding hydrogens is 558 g/mol. The van der Waals surface area contributed by atoms with Gasteiger partial charge in [0, 0.05) is 24.0 Å². The second-order valence-corrected chi connectivity index (χ2v) is 13.2. The molecule has 1 unspecified atom stereocenters. The molecule has 0 bridgehead atoms. The molecule has 1 atom stereocenters. The normalized spacial score (nSPS) is 14.4. The van der Waals surface area contributed by atoms with E-state index in [0.717, 1.165) is 58.5 Å². The van der Waals surface area contributed by atoms with E-state index in [1.54, 1.807) is 18.2 Å². The molecule has 7 nitrogen and oxygen atoms in total. The van der Waals surface area contributed by atoms with Crippen LogP contribution in [0.5, 0.6) is 0 Å². The monoisotopic (exact) mass is 595 g/mol. The van der Waals surface area contributed by atoms with Gasteiger partial charge in [0.1, 0.15) is 12.6 Å². The van der Waals surface area contributed by atoms with Crippen molar-refractivity contribution >= 4 is 39.1 Å². The van der Waals surface area contributed by atoms with E-state index in [2.05, 4.69) is 5.32 Å². The van der Waals surface area contributed by atoms with Crippen molar-refractivity contribution in [3.05, 3.63) is 100 Å². The van der Waals surface area contributed by atoms with E-state index in [1.807, 2.05) is 68.4 Å². The van der Waals surface area contributed by atoms with Crippen molar-refractivity contribution in [1.29, 1.82) is 0 Å². The summed E-state index contributed by atoms with van der Waals surface area (Å²) in [6.45, 7) is 3.48. The molecule has 3 aromatic rings. The molecule has 0 saturated heterocycles. The first-order valence-electron chi connectivity index (χ1n) is 13.9. The first kappa shape index (κ1) is 30.6. The fourth-order valence-corrected chi connectivity index (χ4v) is 6.30. The van der Waals surface area contributed by atoms with Gasteiger partial charge in [-0.3, -0.25) is 13.9 Å². The van der Waals surface area contributed by atoms with Gasteiger partial charge in [-0.25, -0.2) is 8.42 Å². The lowest BCUT2D eigenvalue weighted by Crippen LogP contribution is -2.54. The van der Waals surface area contributed by atoms with Crippen LogP contribution in [-0.2, 0) is 32.6 Å². The van der Waals surface area contributed by atoms with Gasteiger partial charge in [0.25, 0.3) is 0 Å². The number of hydrogen-bond donors (Lipinski definition) is 1. The Kier molecular flexibility index (Phi) is 10.1. The number of anilines is 1. The third kappa shape index (κ3) is 8.33. The fraction of sp³-hybridized carbons (Fsp3) is 0.375. The summed E-state index contributed by atoms with van der Waals surface area (Å²) in [5.41, 5.74) is 3.88. The molecule has 0 aromatic heterocycles. The molecule has 9 heteroatoms. The smallest absolute Gasteiger partial charge is 0.244 e.